The van der Waals surface area contributed by atoms with Crippen LogP contribution in [0.25, 0.3) is 0 Å². The number of nitrogens with one attached hydrogen (secondary N) is 1. The zero-order valence-corrected chi connectivity index (χ0v) is 17.5. The van der Waals surface area contributed by atoms with Gasteiger partial charge in [-0.15, -0.1) is 0 Å². The summed E-state index contributed by atoms with van der Waals surface area (Å²) in [5.41, 5.74) is 3.02. The number of carbonyl (C=O) groups excluding carboxylic acids is 1. The molecule has 1 amide bonds. The third-order valence-electron chi connectivity index (χ3n) is 5.17. The summed E-state index contributed by atoms with van der Waals surface area (Å²) in [6.45, 7) is 1.83. The second kappa shape index (κ2) is 8.20. The van der Waals surface area contributed by atoms with E-state index in [0.29, 0.717) is 24.3 Å². The maximum atomic E-state index is 13.2. The van der Waals surface area contributed by atoms with Crippen molar-refractivity contribution in [1.82, 2.24) is 4.90 Å². The highest BCUT2D eigenvalue weighted by atomic mass is 32.2. The van der Waals surface area contributed by atoms with E-state index >= 15 is 0 Å². The molecule has 0 saturated heterocycles. The van der Waals surface area contributed by atoms with E-state index in [1.165, 1.54) is 12.1 Å². The summed E-state index contributed by atoms with van der Waals surface area (Å²) in [6.07, 6.45) is 0. The fourth-order valence-electron chi connectivity index (χ4n) is 3.58. The highest BCUT2D eigenvalue weighted by Crippen LogP contribution is 2.25. The van der Waals surface area contributed by atoms with Crippen LogP contribution in [-0.2, 0) is 16.6 Å². The molecule has 7 heteroatoms. The highest BCUT2D eigenvalue weighted by molar-refractivity contribution is 7.92. The van der Waals surface area contributed by atoms with Gasteiger partial charge in [0, 0.05) is 43.6 Å². The molecule has 1 aliphatic heterocycles. The fraction of sp³-hybridized carbons (Fsp3) is 0.174. The molecule has 0 fully saturated rings. The van der Waals surface area contributed by atoms with Gasteiger partial charge in [-0.25, -0.2) is 8.42 Å². The van der Waals surface area contributed by atoms with E-state index in [9.17, 15) is 13.2 Å². The summed E-state index contributed by atoms with van der Waals surface area (Å²) in [4.78, 5) is 17.3. The first kappa shape index (κ1) is 20.0. The third-order valence-corrected chi connectivity index (χ3v) is 6.57. The summed E-state index contributed by atoms with van der Waals surface area (Å²) in [6, 6.07) is 22.8. The van der Waals surface area contributed by atoms with Crippen molar-refractivity contribution in [2.75, 3.05) is 29.8 Å². The minimum Gasteiger partial charge on any atom is -0.373 e. The van der Waals surface area contributed by atoms with Crippen molar-refractivity contribution in [3.63, 3.8) is 0 Å². The van der Waals surface area contributed by atoms with E-state index in [1.54, 1.807) is 47.4 Å². The fourth-order valence-corrected chi connectivity index (χ4v) is 4.65. The lowest BCUT2D eigenvalue weighted by atomic mass is 10.1. The van der Waals surface area contributed by atoms with Gasteiger partial charge >= 0.3 is 0 Å². The summed E-state index contributed by atoms with van der Waals surface area (Å²) in [5, 5.41) is 0. The predicted molar refractivity (Wildman–Crippen MR) is 118 cm³/mol. The molecule has 3 aromatic rings. The normalized spacial score (nSPS) is 14.0. The van der Waals surface area contributed by atoms with Gasteiger partial charge in [0.2, 0.25) is 0 Å². The van der Waals surface area contributed by atoms with Gasteiger partial charge in [-0.1, -0.05) is 42.5 Å². The number of likely N-dealkylation sites (N-methyl/N-ethyl adjacent to an activating group) is 1. The maximum absolute atomic E-state index is 13.2. The number of nitrogens with zero attached hydrogens (tertiary/aromatic N) is 2. The highest BCUT2D eigenvalue weighted by Gasteiger charge is 2.23. The number of anilines is 2. The molecule has 1 aliphatic rings. The summed E-state index contributed by atoms with van der Waals surface area (Å²) >= 11 is 0. The summed E-state index contributed by atoms with van der Waals surface area (Å²) < 4.78 is 27.7. The van der Waals surface area contributed by atoms with Gasteiger partial charge in [0.25, 0.3) is 15.9 Å². The second-order valence-electron chi connectivity index (χ2n) is 7.28. The van der Waals surface area contributed by atoms with Crippen molar-refractivity contribution >= 4 is 27.3 Å². The van der Waals surface area contributed by atoms with Gasteiger partial charge in [0.15, 0.2) is 0 Å². The van der Waals surface area contributed by atoms with Crippen molar-refractivity contribution < 1.29 is 13.2 Å². The number of fused-ring (bicyclic) bond motifs is 1. The Labute approximate surface area is 176 Å². The number of rotatable bonds is 4. The SMILES string of the molecule is CN1CCN(C(=O)c2cccc(NS(=O)(=O)c3ccccc3)c2)Cc2ccccc21. The average Bonchev–Trinajstić information content (AvgIpc) is 2.93. The molecule has 0 atom stereocenters. The molecule has 1 heterocycles. The van der Waals surface area contributed by atoms with Crippen LogP contribution in [0.5, 0.6) is 0 Å². The van der Waals surface area contributed by atoms with Gasteiger partial charge in [-0.05, 0) is 42.0 Å². The Balaban J connectivity index is 1.56. The van der Waals surface area contributed by atoms with Crippen molar-refractivity contribution in [1.29, 1.82) is 0 Å². The lowest BCUT2D eigenvalue weighted by Crippen LogP contribution is -2.34. The standard InChI is InChI=1S/C23H23N3O3S/c1-25-14-15-26(17-19-8-5-6-13-22(19)25)23(27)18-9-7-10-20(16-18)24-30(28,29)21-11-3-2-4-12-21/h2-13,16,24H,14-15,17H2,1H3. The minimum absolute atomic E-state index is 0.124. The van der Waals surface area contributed by atoms with E-state index in [1.807, 2.05) is 25.2 Å². The molecule has 0 unspecified atom stereocenters. The second-order valence-corrected chi connectivity index (χ2v) is 8.96. The number of carbonyl (C=O) groups is 1. The molecule has 0 saturated carbocycles. The van der Waals surface area contributed by atoms with Gasteiger partial charge in [-0.2, -0.15) is 0 Å². The molecular weight excluding hydrogens is 398 g/mol. The molecule has 30 heavy (non-hydrogen) atoms. The molecule has 4 rings (SSSR count). The first-order chi connectivity index (χ1) is 14.4. The molecule has 0 aliphatic carbocycles. The molecule has 0 radical (unpaired) electrons. The average molecular weight is 422 g/mol. The molecule has 3 aromatic carbocycles. The van der Waals surface area contributed by atoms with Gasteiger partial charge in [0.1, 0.15) is 0 Å². The number of hydrogen-bond donors (Lipinski definition) is 1. The van der Waals surface area contributed by atoms with Gasteiger partial charge in [-0.3, -0.25) is 9.52 Å². The molecule has 154 valence electrons. The smallest absolute Gasteiger partial charge is 0.261 e. The first-order valence-corrected chi connectivity index (χ1v) is 11.2. The molecule has 6 nitrogen and oxygen atoms in total. The molecule has 0 aromatic heterocycles. The Morgan fingerprint density at radius 1 is 0.900 bits per heavy atom. The molecule has 1 N–H and O–H groups in total. The predicted octanol–water partition coefficient (Wildman–Crippen LogP) is 3.58. The first-order valence-electron chi connectivity index (χ1n) is 9.70. The van der Waals surface area contributed by atoms with Crippen LogP contribution < -0.4 is 9.62 Å². The van der Waals surface area contributed by atoms with Crippen molar-refractivity contribution in [3.8, 4) is 0 Å². The van der Waals surface area contributed by atoms with Crippen molar-refractivity contribution in [2.24, 2.45) is 0 Å². The molecule has 0 spiro atoms. The quantitative estimate of drug-likeness (QED) is 0.699. The number of benzene rings is 3. The lowest BCUT2D eigenvalue weighted by Gasteiger charge is -2.21. The zero-order chi connectivity index (χ0) is 21.1. The monoisotopic (exact) mass is 421 g/mol. The van der Waals surface area contributed by atoms with Crippen LogP contribution in [0.2, 0.25) is 0 Å². The third kappa shape index (κ3) is 4.16. The van der Waals surface area contributed by atoms with E-state index in [2.05, 4.69) is 15.7 Å². The minimum atomic E-state index is -3.72. The van der Waals surface area contributed by atoms with Crippen LogP contribution in [0.15, 0.2) is 83.8 Å². The number of amides is 1. The van der Waals surface area contributed by atoms with Crippen LogP contribution in [0.4, 0.5) is 11.4 Å². The maximum Gasteiger partial charge on any atom is 0.261 e. The Morgan fingerprint density at radius 3 is 2.43 bits per heavy atom. The Bertz CT molecular complexity index is 1160. The Morgan fingerprint density at radius 2 is 1.63 bits per heavy atom. The van der Waals surface area contributed by atoms with E-state index < -0.39 is 10.0 Å². The van der Waals surface area contributed by atoms with Crippen molar-refractivity contribution in [2.45, 2.75) is 11.4 Å². The van der Waals surface area contributed by atoms with Crippen LogP contribution in [-0.4, -0.2) is 39.4 Å². The molecular formula is C23H23N3O3S. The van der Waals surface area contributed by atoms with Crippen LogP contribution >= 0.6 is 0 Å². The van der Waals surface area contributed by atoms with Crippen LogP contribution in [0, 0.1) is 0 Å². The number of sulfonamides is 1. The Hall–Kier alpha value is -3.32. The Kier molecular flexibility index (Phi) is 5.46. The van der Waals surface area contributed by atoms with Crippen molar-refractivity contribution in [3.05, 3.63) is 90.0 Å². The zero-order valence-electron chi connectivity index (χ0n) is 16.7. The number of para-hydroxylation sites is 1. The summed E-state index contributed by atoms with van der Waals surface area (Å²) in [5.74, 6) is -0.124. The van der Waals surface area contributed by atoms with E-state index in [0.717, 1.165) is 17.8 Å². The van der Waals surface area contributed by atoms with Crippen LogP contribution in [0.3, 0.4) is 0 Å². The van der Waals surface area contributed by atoms with E-state index in [-0.39, 0.29) is 10.8 Å². The van der Waals surface area contributed by atoms with Gasteiger partial charge in [0.05, 0.1) is 4.90 Å². The van der Waals surface area contributed by atoms with E-state index in [4.69, 9.17) is 0 Å². The number of hydrogen-bond acceptors (Lipinski definition) is 4. The molecule has 0 bridgehead atoms. The summed E-state index contributed by atoms with van der Waals surface area (Å²) in [7, 11) is -1.70. The lowest BCUT2D eigenvalue weighted by molar-refractivity contribution is 0.0752. The topological polar surface area (TPSA) is 69.7 Å². The largest absolute Gasteiger partial charge is 0.373 e. The van der Waals surface area contributed by atoms with Gasteiger partial charge < -0.3 is 9.80 Å². The van der Waals surface area contributed by atoms with Crippen LogP contribution in [0.1, 0.15) is 15.9 Å².